The Morgan fingerprint density at radius 1 is 1.00 bits per heavy atom. The van der Waals surface area contributed by atoms with Crippen LogP contribution in [0.1, 0.15) is 43.7 Å². The average molecular weight is 367 g/mol. The topological polar surface area (TPSA) is 75.6 Å². The zero-order valence-electron chi connectivity index (χ0n) is 15.7. The number of carbonyl (C=O) groups is 2. The van der Waals surface area contributed by atoms with E-state index in [-0.39, 0.29) is 19.1 Å². The summed E-state index contributed by atoms with van der Waals surface area (Å²) in [5, 5.41) is 12.1. The van der Waals surface area contributed by atoms with Crippen LogP contribution >= 0.6 is 0 Å². The van der Waals surface area contributed by atoms with Gasteiger partial charge >= 0.3 is 12.1 Å². The number of hydrogen-bond acceptors (Lipinski definition) is 3. The maximum Gasteiger partial charge on any atom is 0.407 e. The van der Waals surface area contributed by atoms with Crippen LogP contribution in [0, 0.1) is 5.41 Å². The molecular weight excluding hydrogens is 342 g/mol. The fourth-order valence-corrected chi connectivity index (χ4v) is 3.77. The Hall–Kier alpha value is -2.82. The van der Waals surface area contributed by atoms with Gasteiger partial charge in [0.2, 0.25) is 0 Å². The quantitative estimate of drug-likeness (QED) is 0.760. The van der Waals surface area contributed by atoms with Crippen molar-refractivity contribution < 1.29 is 19.4 Å². The zero-order valence-corrected chi connectivity index (χ0v) is 15.7. The van der Waals surface area contributed by atoms with E-state index in [4.69, 9.17) is 4.74 Å². The number of fused-ring (bicyclic) bond motifs is 3. The van der Waals surface area contributed by atoms with Crippen LogP contribution in [0.3, 0.4) is 0 Å². The molecule has 0 unspecified atom stereocenters. The largest absolute Gasteiger partial charge is 0.481 e. The molecule has 0 saturated carbocycles. The average Bonchev–Trinajstić information content (AvgIpc) is 3.01. The summed E-state index contributed by atoms with van der Waals surface area (Å²) >= 11 is 0. The van der Waals surface area contributed by atoms with Crippen LogP contribution in [0.15, 0.2) is 48.5 Å². The number of amides is 1. The van der Waals surface area contributed by atoms with Gasteiger partial charge in [-0.15, -0.1) is 0 Å². The molecule has 2 aromatic carbocycles. The van der Waals surface area contributed by atoms with E-state index in [0.29, 0.717) is 12.8 Å². The standard InChI is InChI=1S/C22H25NO4/c1-3-22(4-2,20(24)25)14-23-21(26)27-13-19-17-11-7-5-9-15(17)16-10-6-8-12-18(16)19/h5-12,19H,3-4,13-14H2,1-2H3,(H,23,26)(H,24,25). The van der Waals surface area contributed by atoms with Crippen LogP contribution in [0.5, 0.6) is 0 Å². The van der Waals surface area contributed by atoms with E-state index in [0.717, 1.165) is 11.1 Å². The Labute approximate surface area is 159 Å². The molecule has 142 valence electrons. The molecule has 5 heteroatoms. The lowest BCUT2D eigenvalue weighted by atomic mass is 9.82. The highest BCUT2D eigenvalue weighted by Gasteiger charge is 2.35. The highest BCUT2D eigenvalue weighted by Crippen LogP contribution is 2.44. The summed E-state index contributed by atoms with van der Waals surface area (Å²) in [5.74, 6) is -0.906. The molecule has 2 N–H and O–H groups in total. The van der Waals surface area contributed by atoms with Crippen molar-refractivity contribution in [2.24, 2.45) is 5.41 Å². The smallest absolute Gasteiger partial charge is 0.407 e. The third-order valence-corrected chi connectivity index (χ3v) is 5.72. The second-order valence-electron chi connectivity index (χ2n) is 6.97. The summed E-state index contributed by atoms with van der Waals surface area (Å²) < 4.78 is 5.46. The second-order valence-corrected chi connectivity index (χ2v) is 6.97. The van der Waals surface area contributed by atoms with Gasteiger partial charge in [-0.1, -0.05) is 62.4 Å². The fourth-order valence-electron chi connectivity index (χ4n) is 3.77. The number of carboxylic acid groups (broad SMARTS) is 1. The van der Waals surface area contributed by atoms with Crippen LogP contribution in [0.4, 0.5) is 4.79 Å². The number of nitrogens with one attached hydrogen (secondary N) is 1. The lowest BCUT2D eigenvalue weighted by Gasteiger charge is -2.26. The van der Waals surface area contributed by atoms with E-state index in [9.17, 15) is 14.7 Å². The summed E-state index contributed by atoms with van der Waals surface area (Å²) in [5.41, 5.74) is 3.68. The number of benzene rings is 2. The Morgan fingerprint density at radius 2 is 1.52 bits per heavy atom. The van der Waals surface area contributed by atoms with Crippen LogP contribution in [-0.2, 0) is 9.53 Å². The van der Waals surface area contributed by atoms with Gasteiger partial charge in [-0.3, -0.25) is 4.79 Å². The van der Waals surface area contributed by atoms with Crippen LogP contribution < -0.4 is 5.32 Å². The second kappa shape index (κ2) is 7.82. The van der Waals surface area contributed by atoms with Crippen molar-refractivity contribution in [3.63, 3.8) is 0 Å². The summed E-state index contributed by atoms with van der Waals surface area (Å²) in [6.07, 6.45) is 0.315. The fraction of sp³-hybridized carbons (Fsp3) is 0.364. The molecule has 0 aromatic heterocycles. The van der Waals surface area contributed by atoms with Crippen molar-refractivity contribution in [2.75, 3.05) is 13.2 Å². The normalized spacial score (nSPS) is 13.0. The Bertz CT molecular complexity index is 796. The van der Waals surface area contributed by atoms with Crippen LogP contribution in [0.2, 0.25) is 0 Å². The first-order chi connectivity index (χ1) is 13.0. The number of carboxylic acids is 1. The van der Waals surface area contributed by atoms with E-state index in [1.807, 2.05) is 38.1 Å². The van der Waals surface area contributed by atoms with Crippen molar-refractivity contribution in [3.8, 4) is 11.1 Å². The van der Waals surface area contributed by atoms with Gasteiger partial charge in [-0.05, 0) is 35.1 Å². The van der Waals surface area contributed by atoms with E-state index in [2.05, 4.69) is 29.6 Å². The Kier molecular flexibility index (Phi) is 5.49. The van der Waals surface area contributed by atoms with E-state index in [1.165, 1.54) is 11.1 Å². The molecule has 0 aliphatic heterocycles. The molecule has 0 fully saturated rings. The summed E-state index contributed by atoms with van der Waals surface area (Å²) in [4.78, 5) is 23.7. The van der Waals surface area contributed by atoms with Gasteiger partial charge in [0.1, 0.15) is 6.61 Å². The van der Waals surface area contributed by atoms with E-state index >= 15 is 0 Å². The first-order valence-electron chi connectivity index (χ1n) is 9.34. The molecule has 0 radical (unpaired) electrons. The van der Waals surface area contributed by atoms with Gasteiger partial charge < -0.3 is 15.2 Å². The predicted octanol–water partition coefficient (Wildman–Crippen LogP) is 4.42. The highest BCUT2D eigenvalue weighted by atomic mass is 16.5. The predicted molar refractivity (Wildman–Crippen MR) is 104 cm³/mol. The van der Waals surface area contributed by atoms with Crippen molar-refractivity contribution in [3.05, 3.63) is 59.7 Å². The number of rotatable bonds is 7. The van der Waals surface area contributed by atoms with E-state index < -0.39 is 17.5 Å². The Morgan fingerprint density at radius 3 is 2.00 bits per heavy atom. The number of hydrogen-bond donors (Lipinski definition) is 2. The molecule has 27 heavy (non-hydrogen) atoms. The van der Waals surface area contributed by atoms with Crippen molar-refractivity contribution in [2.45, 2.75) is 32.6 Å². The van der Waals surface area contributed by atoms with Gasteiger partial charge in [0.15, 0.2) is 0 Å². The monoisotopic (exact) mass is 367 g/mol. The molecule has 0 heterocycles. The van der Waals surface area contributed by atoms with Crippen LogP contribution in [0.25, 0.3) is 11.1 Å². The molecule has 0 atom stereocenters. The molecular formula is C22H25NO4. The van der Waals surface area contributed by atoms with Gasteiger partial charge in [-0.25, -0.2) is 4.79 Å². The molecule has 0 saturated heterocycles. The summed E-state index contributed by atoms with van der Waals surface area (Å²) in [6, 6.07) is 16.3. The zero-order chi connectivity index (χ0) is 19.4. The lowest BCUT2D eigenvalue weighted by molar-refractivity contribution is -0.149. The summed E-state index contributed by atoms with van der Waals surface area (Å²) in [6.45, 7) is 3.91. The lowest BCUT2D eigenvalue weighted by Crippen LogP contribution is -2.42. The van der Waals surface area contributed by atoms with Gasteiger partial charge in [0.05, 0.1) is 5.41 Å². The maximum absolute atomic E-state index is 12.2. The summed E-state index contributed by atoms with van der Waals surface area (Å²) in [7, 11) is 0. The van der Waals surface area contributed by atoms with Crippen molar-refractivity contribution in [1.29, 1.82) is 0 Å². The third-order valence-electron chi connectivity index (χ3n) is 5.72. The molecule has 0 bridgehead atoms. The molecule has 0 spiro atoms. The van der Waals surface area contributed by atoms with Crippen molar-refractivity contribution in [1.82, 2.24) is 5.32 Å². The Balaban J connectivity index is 1.67. The molecule has 5 nitrogen and oxygen atoms in total. The number of aliphatic carboxylic acids is 1. The third kappa shape index (κ3) is 3.54. The number of alkyl carbamates (subject to hydrolysis) is 1. The maximum atomic E-state index is 12.2. The first-order valence-corrected chi connectivity index (χ1v) is 9.34. The van der Waals surface area contributed by atoms with Crippen LogP contribution in [-0.4, -0.2) is 30.3 Å². The van der Waals surface area contributed by atoms with Gasteiger partial charge in [0, 0.05) is 12.5 Å². The number of ether oxygens (including phenoxy) is 1. The first kappa shape index (κ1) is 19.0. The minimum absolute atomic E-state index is 0.00951. The molecule has 1 amide bonds. The van der Waals surface area contributed by atoms with E-state index in [1.54, 1.807) is 0 Å². The minimum Gasteiger partial charge on any atom is -0.481 e. The van der Waals surface area contributed by atoms with Crippen molar-refractivity contribution >= 4 is 12.1 Å². The molecule has 1 aliphatic rings. The SMILES string of the molecule is CCC(CC)(CNC(=O)OCC1c2ccccc2-c2ccccc21)C(=O)O. The highest BCUT2D eigenvalue weighted by molar-refractivity contribution is 5.79. The number of carbonyl (C=O) groups excluding carboxylic acids is 1. The van der Waals surface area contributed by atoms with Gasteiger partial charge in [-0.2, -0.15) is 0 Å². The van der Waals surface area contributed by atoms with Gasteiger partial charge in [0.25, 0.3) is 0 Å². The minimum atomic E-state index is -0.953. The molecule has 3 rings (SSSR count). The molecule has 1 aliphatic carbocycles. The molecule has 2 aromatic rings.